The minimum absolute atomic E-state index is 0.430. The maximum Gasteiger partial charge on any atom is 0.135 e. The van der Waals surface area contributed by atoms with Gasteiger partial charge in [-0.1, -0.05) is 164 Å². The molecule has 0 aliphatic heterocycles. The SMILES string of the molecule is c1ccc(C2(c3ccccc3)c3ccccc3-c3c(-c4ccc5c(c4)sc4ccc(-n6c7ccccc7c7cc(-c8ccc9oc%10ccccc%10c9c8)ccc76)cc45)cccc32)cc1. The monoisotopic (exact) mass is 831 g/mol. The van der Waals surface area contributed by atoms with Crippen molar-refractivity contribution in [2.24, 2.45) is 0 Å². The summed E-state index contributed by atoms with van der Waals surface area (Å²) in [5.74, 6) is 0. The van der Waals surface area contributed by atoms with Gasteiger partial charge in [0.25, 0.3) is 0 Å². The summed E-state index contributed by atoms with van der Waals surface area (Å²) < 4.78 is 11.2. The zero-order chi connectivity index (χ0) is 41.9. The number of rotatable bonds is 5. The molecule has 3 heterocycles. The average Bonchev–Trinajstić information content (AvgIpc) is 4.10. The van der Waals surface area contributed by atoms with Crippen LogP contribution >= 0.6 is 11.3 Å². The van der Waals surface area contributed by atoms with E-state index in [2.05, 4.69) is 217 Å². The highest BCUT2D eigenvalue weighted by Gasteiger charge is 2.46. The summed E-state index contributed by atoms with van der Waals surface area (Å²) in [6, 6.07) is 82.8. The van der Waals surface area contributed by atoms with E-state index in [9.17, 15) is 0 Å². The fourth-order valence-corrected chi connectivity index (χ4v) is 12.3. The van der Waals surface area contributed by atoms with Crippen molar-refractivity contribution < 1.29 is 4.42 Å². The van der Waals surface area contributed by atoms with Crippen LogP contribution in [0.5, 0.6) is 0 Å². The van der Waals surface area contributed by atoms with Crippen LogP contribution in [0.1, 0.15) is 22.3 Å². The van der Waals surface area contributed by atoms with E-state index < -0.39 is 5.41 Å². The molecule has 0 amide bonds. The number of para-hydroxylation sites is 2. The second kappa shape index (κ2) is 13.5. The number of aromatic nitrogens is 1. The lowest BCUT2D eigenvalue weighted by molar-refractivity contribution is 0.669. The second-order valence-electron chi connectivity index (χ2n) is 17.1. The lowest BCUT2D eigenvalue weighted by Gasteiger charge is -2.34. The van der Waals surface area contributed by atoms with Crippen molar-refractivity contribution >= 4 is 75.3 Å². The van der Waals surface area contributed by atoms with E-state index in [4.69, 9.17) is 4.42 Å². The lowest BCUT2D eigenvalue weighted by Crippen LogP contribution is -2.28. The van der Waals surface area contributed by atoms with Crippen molar-refractivity contribution in [2.75, 3.05) is 0 Å². The fraction of sp³-hybridized carbons (Fsp3) is 0.0164. The Balaban J connectivity index is 0.901. The Labute approximate surface area is 373 Å². The van der Waals surface area contributed by atoms with Crippen LogP contribution in [0.25, 0.3) is 103 Å². The molecule has 14 rings (SSSR count). The molecule has 64 heavy (non-hydrogen) atoms. The number of hydrogen-bond acceptors (Lipinski definition) is 2. The largest absolute Gasteiger partial charge is 0.456 e. The predicted molar refractivity (Wildman–Crippen MR) is 269 cm³/mol. The van der Waals surface area contributed by atoms with Crippen molar-refractivity contribution in [1.82, 2.24) is 4.57 Å². The Morgan fingerprint density at radius 2 is 1.00 bits per heavy atom. The van der Waals surface area contributed by atoms with Gasteiger partial charge in [-0.3, -0.25) is 0 Å². The standard InChI is InChI=1S/C61H37NOS/c1-3-14-41(15-4-1)61(42-16-5-2-6-17-42)52-22-10-7-20-48(52)60-44(21-13-23-53(60)61)40-26-30-47-51-37-43(29-33-58(51)64-59(47)36-40)62-54-24-11-8-18-45(54)49-34-38(27-31-55(49)62)39-28-32-57-50(35-39)46-19-9-12-25-56(46)63-57/h1-37H. The smallest absolute Gasteiger partial charge is 0.135 e. The van der Waals surface area contributed by atoms with Crippen molar-refractivity contribution in [2.45, 2.75) is 5.41 Å². The molecular weight excluding hydrogens is 795 g/mol. The molecule has 0 fully saturated rings. The highest BCUT2D eigenvalue weighted by molar-refractivity contribution is 7.25. The zero-order valence-corrected chi connectivity index (χ0v) is 35.4. The maximum atomic E-state index is 6.16. The molecule has 298 valence electrons. The van der Waals surface area contributed by atoms with Crippen LogP contribution < -0.4 is 0 Å². The van der Waals surface area contributed by atoms with Gasteiger partial charge in [0.15, 0.2) is 0 Å². The summed E-state index contributed by atoms with van der Waals surface area (Å²) >= 11 is 1.88. The van der Waals surface area contributed by atoms with Gasteiger partial charge in [0.1, 0.15) is 11.2 Å². The molecule has 13 aromatic rings. The first kappa shape index (κ1) is 35.6. The fourth-order valence-electron chi connectivity index (χ4n) is 11.1. The average molecular weight is 832 g/mol. The topological polar surface area (TPSA) is 18.1 Å². The summed E-state index contributed by atoms with van der Waals surface area (Å²) in [7, 11) is 0. The van der Waals surface area contributed by atoms with Gasteiger partial charge in [0, 0.05) is 47.4 Å². The van der Waals surface area contributed by atoms with Gasteiger partial charge < -0.3 is 8.98 Å². The molecule has 0 bridgehead atoms. The minimum atomic E-state index is -0.430. The van der Waals surface area contributed by atoms with Gasteiger partial charge >= 0.3 is 0 Å². The molecule has 0 saturated heterocycles. The van der Waals surface area contributed by atoms with E-state index in [1.165, 1.54) is 97.6 Å². The molecule has 0 saturated carbocycles. The molecule has 10 aromatic carbocycles. The number of fused-ring (bicyclic) bond motifs is 12. The van der Waals surface area contributed by atoms with Crippen LogP contribution in [0.15, 0.2) is 229 Å². The van der Waals surface area contributed by atoms with Crippen molar-refractivity contribution in [3.8, 4) is 39.1 Å². The maximum absolute atomic E-state index is 6.16. The predicted octanol–water partition coefficient (Wildman–Crippen LogP) is 16.7. The van der Waals surface area contributed by atoms with E-state index in [-0.39, 0.29) is 0 Å². The van der Waals surface area contributed by atoms with Crippen molar-refractivity contribution in [3.05, 3.63) is 247 Å². The number of furan rings is 1. The van der Waals surface area contributed by atoms with Crippen LogP contribution in [0.3, 0.4) is 0 Å². The minimum Gasteiger partial charge on any atom is -0.456 e. The molecular formula is C61H37NOS. The molecule has 0 radical (unpaired) electrons. The molecule has 1 aliphatic carbocycles. The van der Waals surface area contributed by atoms with Gasteiger partial charge in [-0.25, -0.2) is 0 Å². The molecule has 1 aliphatic rings. The Morgan fingerprint density at radius 1 is 0.359 bits per heavy atom. The van der Waals surface area contributed by atoms with Gasteiger partial charge in [-0.15, -0.1) is 11.3 Å². The van der Waals surface area contributed by atoms with Crippen molar-refractivity contribution in [3.63, 3.8) is 0 Å². The molecule has 3 heteroatoms. The Bertz CT molecular complexity index is 3980. The quantitative estimate of drug-likeness (QED) is 0.169. The zero-order valence-electron chi connectivity index (χ0n) is 34.6. The number of hydrogen-bond donors (Lipinski definition) is 0. The Morgan fingerprint density at radius 3 is 1.84 bits per heavy atom. The van der Waals surface area contributed by atoms with E-state index in [1.807, 2.05) is 23.5 Å². The molecule has 2 nitrogen and oxygen atoms in total. The van der Waals surface area contributed by atoms with Crippen molar-refractivity contribution in [1.29, 1.82) is 0 Å². The third-order valence-corrected chi connectivity index (χ3v) is 15.0. The third kappa shape index (κ3) is 4.96. The number of benzene rings is 10. The first-order valence-corrected chi connectivity index (χ1v) is 22.8. The normalized spacial score (nSPS) is 13.1. The Hall–Kier alpha value is -7.98. The summed E-state index contributed by atoms with van der Waals surface area (Å²) in [6.07, 6.45) is 0. The number of nitrogens with zero attached hydrogens (tertiary/aromatic N) is 1. The lowest BCUT2D eigenvalue weighted by atomic mass is 9.67. The summed E-state index contributed by atoms with van der Waals surface area (Å²) in [6.45, 7) is 0. The first-order chi connectivity index (χ1) is 31.7. The highest BCUT2D eigenvalue weighted by Crippen LogP contribution is 2.58. The molecule has 0 N–H and O–H groups in total. The molecule has 0 unspecified atom stereocenters. The van der Waals surface area contributed by atoms with E-state index in [1.54, 1.807) is 0 Å². The van der Waals surface area contributed by atoms with Crippen LogP contribution in [-0.2, 0) is 5.41 Å². The van der Waals surface area contributed by atoms with E-state index in [0.717, 1.165) is 27.6 Å². The van der Waals surface area contributed by atoms with Crippen LogP contribution in [0.4, 0.5) is 0 Å². The molecule has 0 spiro atoms. The van der Waals surface area contributed by atoms with Gasteiger partial charge in [-0.05, 0) is 116 Å². The van der Waals surface area contributed by atoms with E-state index in [0.29, 0.717) is 0 Å². The van der Waals surface area contributed by atoms with Crippen LogP contribution in [0, 0.1) is 0 Å². The van der Waals surface area contributed by atoms with Gasteiger partial charge in [-0.2, -0.15) is 0 Å². The Kier molecular flexibility index (Phi) is 7.51. The third-order valence-electron chi connectivity index (χ3n) is 13.9. The summed E-state index contributed by atoms with van der Waals surface area (Å²) in [5.41, 5.74) is 17.7. The van der Waals surface area contributed by atoms with Gasteiger partial charge in [0.2, 0.25) is 0 Å². The highest BCUT2D eigenvalue weighted by atomic mass is 32.1. The van der Waals surface area contributed by atoms with Gasteiger partial charge in [0.05, 0.1) is 16.4 Å². The second-order valence-corrected chi connectivity index (χ2v) is 18.2. The number of thiophene rings is 1. The summed E-state index contributed by atoms with van der Waals surface area (Å²) in [4.78, 5) is 0. The van der Waals surface area contributed by atoms with Crippen LogP contribution in [0.2, 0.25) is 0 Å². The summed E-state index contributed by atoms with van der Waals surface area (Å²) in [5, 5.41) is 7.34. The molecule has 0 atom stereocenters. The van der Waals surface area contributed by atoms with Crippen LogP contribution in [-0.4, -0.2) is 4.57 Å². The van der Waals surface area contributed by atoms with E-state index >= 15 is 0 Å². The first-order valence-electron chi connectivity index (χ1n) is 22.0. The molecule has 3 aromatic heterocycles.